The number of nitrogens with zero attached hydrogens (tertiary/aromatic N) is 4. The molecule has 1 saturated heterocycles. The number of aromatic nitrogens is 4. The zero-order valence-electron chi connectivity index (χ0n) is 16.1. The molecule has 0 bridgehead atoms. The maximum atomic E-state index is 12.8. The van der Waals surface area contributed by atoms with Gasteiger partial charge in [0.2, 0.25) is 0 Å². The summed E-state index contributed by atoms with van der Waals surface area (Å²) in [6, 6.07) is 6.24. The Morgan fingerprint density at radius 3 is 2.48 bits per heavy atom. The van der Waals surface area contributed by atoms with Crippen LogP contribution in [-0.4, -0.2) is 65.9 Å². The molecule has 2 aromatic heterocycles. The van der Waals surface area contributed by atoms with Crippen LogP contribution in [-0.2, 0) is 17.7 Å². The van der Waals surface area contributed by atoms with Crippen LogP contribution in [0.15, 0.2) is 36.9 Å². The third-order valence-electron chi connectivity index (χ3n) is 5.11. The van der Waals surface area contributed by atoms with Gasteiger partial charge in [0.15, 0.2) is 23.2 Å². The largest absolute Gasteiger partial charge is 0.394 e. The molecule has 4 atom stereocenters. The Morgan fingerprint density at radius 1 is 1.06 bits per heavy atom. The summed E-state index contributed by atoms with van der Waals surface area (Å²) in [6.07, 6.45) is -7.34. The number of ether oxygens (including phenoxy) is 1. The van der Waals surface area contributed by atoms with Crippen molar-refractivity contribution >= 4 is 17.0 Å². The highest BCUT2D eigenvalue weighted by molar-refractivity contribution is 5.82. The number of halogens is 3. The van der Waals surface area contributed by atoms with Crippen molar-refractivity contribution in [1.29, 1.82) is 0 Å². The van der Waals surface area contributed by atoms with Crippen LogP contribution < -0.4 is 5.32 Å². The van der Waals surface area contributed by atoms with Crippen molar-refractivity contribution in [3.63, 3.8) is 0 Å². The molecular formula is C19H20F3N5O4. The first kappa shape index (κ1) is 21.4. The van der Waals surface area contributed by atoms with E-state index in [0.717, 1.165) is 0 Å². The molecule has 4 N–H and O–H groups in total. The number of nitrogens with one attached hydrogen (secondary N) is 1. The zero-order chi connectivity index (χ0) is 22.2. The maximum Gasteiger partial charge on any atom is 0.393 e. The van der Waals surface area contributed by atoms with Gasteiger partial charge in [-0.1, -0.05) is 24.3 Å². The molecule has 0 radical (unpaired) electrons. The molecule has 166 valence electrons. The number of hydrogen-bond donors (Lipinski definition) is 4. The van der Waals surface area contributed by atoms with E-state index >= 15 is 0 Å². The van der Waals surface area contributed by atoms with Crippen molar-refractivity contribution < 1.29 is 33.2 Å². The van der Waals surface area contributed by atoms with E-state index in [9.17, 15) is 28.5 Å². The predicted molar refractivity (Wildman–Crippen MR) is 102 cm³/mol. The van der Waals surface area contributed by atoms with Gasteiger partial charge in [-0.2, -0.15) is 13.2 Å². The van der Waals surface area contributed by atoms with Crippen LogP contribution in [0.1, 0.15) is 17.4 Å². The second-order valence-corrected chi connectivity index (χ2v) is 7.19. The first-order chi connectivity index (χ1) is 14.8. The topological polar surface area (TPSA) is 126 Å². The summed E-state index contributed by atoms with van der Waals surface area (Å²) in [7, 11) is 0. The lowest BCUT2D eigenvalue weighted by molar-refractivity contribution is -0.127. The number of hydrogen-bond acceptors (Lipinski definition) is 8. The van der Waals surface area contributed by atoms with Gasteiger partial charge in [-0.05, 0) is 11.1 Å². The molecular weight excluding hydrogens is 419 g/mol. The van der Waals surface area contributed by atoms with Crippen LogP contribution in [0.25, 0.3) is 11.2 Å². The fourth-order valence-electron chi connectivity index (χ4n) is 3.57. The van der Waals surface area contributed by atoms with Crippen molar-refractivity contribution in [2.75, 3.05) is 11.9 Å². The summed E-state index contributed by atoms with van der Waals surface area (Å²) in [5.41, 5.74) is 1.23. The van der Waals surface area contributed by atoms with Gasteiger partial charge in [0.25, 0.3) is 0 Å². The molecule has 31 heavy (non-hydrogen) atoms. The number of anilines is 1. The van der Waals surface area contributed by atoms with Gasteiger partial charge in [-0.25, -0.2) is 15.0 Å². The van der Waals surface area contributed by atoms with E-state index in [2.05, 4.69) is 20.3 Å². The van der Waals surface area contributed by atoms with Crippen molar-refractivity contribution in [2.45, 2.75) is 43.7 Å². The third kappa shape index (κ3) is 4.32. The SMILES string of the molecule is OC[C@H]1O[C@@H](n2cnc3c(NCc4ccccc4CC(F)(F)F)ncnc32)[C@H](O)[C@@H]1O. The lowest BCUT2D eigenvalue weighted by Crippen LogP contribution is -2.33. The molecule has 0 unspecified atom stereocenters. The molecule has 3 aromatic rings. The van der Waals surface area contributed by atoms with Gasteiger partial charge in [0.05, 0.1) is 19.4 Å². The van der Waals surface area contributed by atoms with Crippen LogP contribution in [0.4, 0.5) is 19.0 Å². The molecule has 0 amide bonds. The highest BCUT2D eigenvalue weighted by atomic mass is 19.4. The second kappa shape index (κ2) is 8.38. The molecule has 0 aliphatic carbocycles. The first-order valence-corrected chi connectivity index (χ1v) is 9.46. The first-order valence-electron chi connectivity index (χ1n) is 9.46. The van der Waals surface area contributed by atoms with Gasteiger partial charge in [0.1, 0.15) is 24.6 Å². The fourth-order valence-corrected chi connectivity index (χ4v) is 3.57. The van der Waals surface area contributed by atoms with Crippen LogP contribution in [0.2, 0.25) is 0 Å². The molecule has 1 aromatic carbocycles. The Balaban J connectivity index is 1.58. The van der Waals surface area contributed by atoms with Crippen molar-refractivity contribution in [1.82, 2.24) is 19.5 Å². The summed E-state index contributed by atoms with van der Waals surface area (Å²) in [6.45, 7) is -0.389. The summed E-state index contributed by atoms with van der Waals surface area (Å²) < 4.78 is 45.4. The molecule has 1 aliphatic rings. The Kier molecular flexibility index (Phi) is 5.79. The van der Waals surface area contributed by atoms with E-state index < -0.39 is 43.7 Å². The van der Waals surface area contributed by atoms with Crippen molar-refractivity contribution in [3.8, 4) is 0 Å². The molecule has 0 spiro atoms. The summed E-state index contributed by atoms with van der Waals surface area (Å²) in [5.74, 6) is 0.289. The van der Waals surface area contributed by atoms with E-state index in [0.29, 0.717) is 11.1 Å². The zero-order valence-corrected chi connectivity index (χ0v) is 16.1. The van der Waals surface area contributed by atoms with Crippen LogP contribution in [0.5, 0.6) is 0 Å². The normalized spacial score (nSPS) is 24.1. The van der Waals surface area contributed by atoms with E-state index in [1.54, 1.807) is 18.2 Å². The molecule has 3 heterocycles. The monoisotopic (exact) mass is 439 g/mol. The van der Waals surface area contributed by atoms with Gasteiger partial charge in [0, 0.05) is 6.54 Å². The summed E-state index contributed by atoms with van der Waals surface area (Å²) in [4.78, 5) is 12.5. The third-order valence-corrected chi connectivity index (χ3v) is 5.11. The number of aliphatic hydroxyl groups is 3. The Morgan fingerprint density at radius 2 is 1.81 bits per heavy atom. The number of aliphatic hydroxyl groups excluding tert-OH is 3. The van der Waals surface area contributed by atoms with Gasteiger partial charge in [-0.15, -0.1) is 0 Å². The maximum absolute atomic E-state index is 12.8. The predicted octanol–water partition coefficient (Wildman–Crippen LogP) is 1.15. The highest BCUT2D eigenvalue weighted by Crippen LogP contribution is 2.32. The number of imidazole rings is 1. The average Bonchev–Trinajstić information content (AvgIpc) is 3.28. The number of fused-ring (bicyclic) bond motifs is 1. The number of rotatable bonds is 6. The minimum atomic E-state index is -4.32. The molecule has 4 rings (SSSR count). The van der Waals surface area contributed by atoms with E-state index in [1.807, 2.05) is 0 Å². The standard InChI is InChI=1S/C19H20F3N5O4/c20-19(21,22)5-10-3-1-2-4-11(10)6-23-16-13-17(25-8-24-16)27(9-26-13)18-15(30)14(29)12(7-28)31-18/h1-4,8-9,12,14-15,18,28-30H,5-7H2,(H,23,24,25)/t12-,14-,15-,18-/m1/s1. The van der Waals surface area contributed by atoms with Crippen LogP contribution >= 0.6 is 0 Å². The Hall–Kier alpha value is -2.80. The van der Waals surface area contributed by atoms with Gasteiger partial charge < -0.3 is 25.4 Å². The smallest absolute Gasteiger partial charge is 0.393 e. The quantitative estimate of drug-likeness (QED) is 0.451. The van der Waals surface area contributed by atoms with Crippen molar-refractivity contribution in [2.24, 2.45) is 0 Å². The Bertz CT molecular complexity index is 1060. The second-order valence-electron chi connectivity index (χ2n) is 7.19. The number of benzene rings is 1. The molecule has 0 saturated carbocycles. The van der Waals surface area contributed by atoms with Gasteiger partial charge >= 0.3 is 6.18 Å². The highest BCUT2D eigenvalue weighted by Gasteiger charge is 2.44. The average molecular weight is 439 g/mol. The minimum Gasteiger partial charge on any atom is -0.394 e. The molecule has 1 aliphatic heterocycles. The van der Waals surface area contributed by atoms with Crippen LogP contribution in [0, 0.1) is 0 Å². The number of alkyl halides is 3. The molecule has 9 nitrogen and oxygen atoms in total. The van der Waals surface area contributed by atoms with Gasteiger partial charge in [-0.3, -0.25) is 4.57 Å². The Labute approximate surface area is 174 Å². The molecule has 12 heteroatoms. The summed E-state index contributed by atoms with van der Waals surface area (Å²) in [5, 5.41) is 32.5. The van der Waals surface area contributed by atoms with Crippen molar-refractivity contribution in [3.05, 3.63) is 48.0 Å². The van der Waals surface area contributed by atoms with Crippen LogP contribution in [0.3, 0.4) is 0 Å². The summed E-state index contributed by atoms with van der Waals surface area (Å²) >= 11 is 0. The van der Waals surface area contributed by atoms with E-state index in [-0.39, 0.29) is 23.6 Å². The fraction of sp³-hybridized carbons (Fsp3) is 0.421. The van der Waals surface area contributed by atoms with E-state index in [4.69, 9.17) is 4.74 Å². The lowest BCUT2D eigenvalue weighted by Gasteiger charge is -2.16. The lowest BCUT2D eigenvalue weighted by atomic mass is 10.0. The molecule has 1 fully saturated rings. The minimum absolute atomic E-state index is 0.0824. The van der Waals surface area contributed by atoms with E-state index in [1.165, 1.54) is 23.3 Å².